The molecule has 3 aromatic carbocycles. The SMILES string of the molecule is CC(Oc1ccc(C(C)(C)C)cc1)C(=O)NCCOc1cccc2ccccc12. The van der Waals surface area contributed by atoms with Crippen molar-refractivity contribution in [2.75, 3.05) is 13.2 Å². The van der Waals surface area contributed by atoms with Gasteiger partial charge in [0.05, 0.1) is 6.54 Å². The highest BCUT2D eigenvalue weighted by Gasteiger charge is 2.16. The van der Waals surface area contributed by atoms with Crippen molar-refractivity contribution in [2.24, 2.45) is 0 Å². The summed E-state index contributed by atoms with van der Waals surface area (Å²) >= 11 is 0. The quantitative estimate of drug-likeness (QED) is 0.570. The average Bonchev–Trinajstić information content (AvgIpc) is 2.70. The van der Waals surface area contributed by atoms with Crippen LogP contribution in [-0.4, -0.2) is 25.2 Å². The number of carbonyl (C=O) groups excluding carboxylic acids is 1. The van der Waals surface area contributed by atoms with Crippen molar-refractivity contribution < 1.29 is 14.3 Å². The standard InChI is InChI=1S/C25H29NO3/c1-18(29-21-14-12-20(13-15-21)25(2,3)4)24(27)26-16-17-28-23-11-7-9-19-8-5-6-10-22(19)23/h5-15,18H,16-17H2,1-4H3,(H,26,27). The van der Waals surface area contributed by atoms with Gasteiger partial charge in [0.15, 0.2) is 6.10 Å². The van der Waals surface area contributed by atoms with Crippen LogP contribution in [0, 0.1) is 0 Å². The summed E-state index contributed by atoms with van der Waals surface area (Å²) < 4.78 is 11.6. The largest absolute Gasteiger partial charge is 0.491 e. The van der Waals surface area contributed by atoms with E-state index in [1.807, 2.05) is 54.6 Å². The summed E-state index contributed by atoms with van der Waals surface area (Å²) in [5.74, 6) is 1.35. The molecule has 4 heteroatoms. The van der Waals surface area contributed by atoms with E-state index < -0.39 is 6.10 Å². The van der Waals surface area contributed by atoms with E-state index in [1.165, 1.54) is 5.56 Å². The first kappa shape index (κ1) is 20.7. The third kappa shape index (κ3) is 5.50. The van der Waals surface area contributed by atoms with E-state index in [2.05, 4.69) is 38.2 Å². The predicted octanol–water partition coefficient (Wildman–Crippen LogP) is 5.10. The molecule has 0 bridgehead atoms. The van der Waals surface area contributed by atoms with Crippen molar-refractivity contribution in [3.63, 3.8) is 0 Å². The molecule has 0 fully saturated rings. The van der Waals surface area contributed by atoms with Crippen LogP contribution in [0.4, 0.5) is 0 Å². The number of hydrogen-bond acceptors (Lipinski definition) is 3. The fraction of sp³-hybridized carbons (Fsp3) is 0.320. The highest BCUT2D eigenvalue weighted by molar-refractivity contribution is 5.88. The first-order valence-corrected chi connectivity index (χ1v) is 10.00. The van der Waals surface area contributed by atoms with Gasteiger partial charge in [-0.15, -0.1) is 0 Å². The molecule has 152 valence electrons. The zero-order valence-corrected chi connectivity index (χ0v) is 17.6. The number of amides is 1. The Labute approximate surface area is 172 Å². The van der Waals surface area contributed by atoms with Crippen molar-refractivity contribution in [3.05, 3.63) is 72.3 Å². The van der Waals surface area contributed by atoms with Crippen LogP contribution >= 0.6 is 0 Å². The van der Waals surface area contributed by atoms with E-state index >= 15 is 0 Å². The van der Waals surface area contributed by atoms with E-state index in [0.717, 1.165) is 16.5 Å². The molecular weight excluding hydrogens is 362 g/mol. The summed E-state index contributed by atoms with van der Waals surface area (Å²) in [7, 11) is 0. The smallest absolute Gasteiger partial charge is 0.260 e. The molecule has 3 aromatic rings. The Balaban J connectivity index is 1.46. The Hall–Kier alpha value is -3.01. The summed E-state index contributed by atoms with van der Waals surface area (Å²) in [6.45, 7) is 9.06. The molecule has 0 aliphatic carbocycles. The lowest BCUT2D eigenvalue weighted by molar-refractivity contribution is -0.127. The second kappa shape index (κ2) is 8.99. The van der Waals surface area contributed by atoms with Gasteiger partial charge in [0.2, 0.25) is 0 Å². The van der Waals surface area contributed by atoms with E-state index in [4.69, 9.17) is 9.47 Å². The highest BCUT2D eigenvalue weighted by Crippen LogP contribution is 2.25. The number of rotatable bonds is 7. The van der Waals surface area contributed by atoms with Crippen molar-refractivity contribution in [1.82, 2.24) is 5.32 Å². The van der Waals surface area contributed by atoms with Crippen LogP contribution in [-0.2, 0) is 10.2 Å². The van der Waals surface area contributed by atoms with Crippen LogP contribution in [0.25, 0.3) is 10.8 Å². The minimum Gasteiger partial charge on any atom is -0.491 e. The zero-order chi connectivity index (χ0) is 20.9. The monoisotopic (exact) mass is 391 g/mol. The summed E-state index contributed by atoms with van der Waals surface area (Å²) in [5, 5.41) is 5.07. The van der Waals surface area contributed by atoms with E-state index in [0.29, 0.717) is 18.9 Å². The Morgan fingerprint density at radius 1 is 0.966 bits per heavy atom. The average molecular weight is 392 g/mol. The second-order valence-corrected chi connectivity index (χ2v) is 8.15. The number of fused-ring (bicyclic) bond motifs is 1. The molecule has 1 amide bonds. The maximum Gasteiger partial charge on any atom is 0.260 e. The van der Waals surface area contributed by atoms with Crippen molar-refractivity contribution in [2.45, 2.75) is 39.2 Å². The van der Waals surface area contributed by atoms with E-state index in [9.17, 15) is 4.79 Å². The number of hydrogen-bond donors (Lipinski definition) is 1. The van der Waals surface area contributed by atoms with Crippen LogP contribution in [0.1, 0.15) is 33.3 Å². The van der Waals surface area contributed by atoms with Gasteiger partial charge in [0.25, 0.3) is 5.91 Å². The van der Waals surface area contributed by atoms with Crippen LogP contribution in [0.3, 0.4) is 0 Å². The number of benzene rings is 3. The second-order valence-electron chi connectivity index (χ2n) is 8.15. The Morgan fingerprint density at radius 2 is 1.66 bits per heavy atom. The fourth-order valence-corrected chi connectivity index (χ4v) is 3.09. The molecule has 0 saturated carbocycles. The molecule has 0 aliphatic heterocycles. The first-order valence-electron chi connectivity index (χ1n) is 10.00. The van der Waals surface area contributed by atoms with E-state index in [-0.39, 0.29) is 11.3 Å². The molecule has 0 aromatic heterocycles. The predicted molar refractivity (Wildman–Crippen MR) is 118 cm³/mol. The topological polar surface area (TPSA) is 47.6 Å². The third-order valence-electron chi connectivity index (χ3n) is 4.81. The number of nitrogens with one attached hydrogen (secondary N) is 1. The molecule has 0 spiro atoms. The maximum atomic E-state index is 12.3. The van der Waals surface area contributed by atoms with Gasteiger partial charge in [0.1, 0.15) is 18.1 Å². The van der Waals surface area contributed by atoms with Gasteiger partial charge in [-0.25, -0.2) is 0 Å². The molecule has 1 N–H and O–H groups in total. The Kier molecular flexibility index (Phi) is 6.42. The lowest BCUT2D eigenvalue weighted by Crippen LogP contribution is -2.38. The summed E-state index contributed by atoms with van der Waals surface area (Å²) in [6.07, 6.45) is -0.576. The molecule has 29 heavy (non-hydrogen) atoms. The summed E-state index contributed by atoms with van der Waals surface area (Å²) in [6, 6.07) is 21.9. The van der Waals surface area contributed by atoms with E-state index in [1.54, 1.807) is 6.92 Å². The molecular formula is C25H29NO3. The Morgan fingerprint density at radius 3 is 2.38 bits per heavy atom. The fourth-order valence-electron chi connectivity index (χ4n) is 3.09. The molecule has 0 heterocycles. The van der Waals surface area contributed by atoms with Gasteiger partial charge < -0.3 is 14.8 Å². The zero-order valence-electron chi connectivity index (χ0n) is 17.6. The van der Waals surface area contributed by atoms with Crippen LogP contribution in [0.2, 0.25) is 0 Å². The normalized spacial score (nSPS) is 12.4. The van der Waals surface area contributed by atoms with Gasteiger partial charge >= 0.3 is 0 Å². The van der Waals surface area contributed by atoms with Gasteiger partial charge in [0, 0.05) is 5.39 Å². The molecule has 1 atom stereocenters. The molecule has 1 unspecified atom stereocenters. The van der Waals surface area contributed by atoms with Gasteiger partial charge in [-0.05, 0) is 41.5 Å². The molecule has 3 rings (SSSR count). The van der Waals surface area contributed by atoms with Crippen LogP contribution in [0.5, 0.6) is 11.5 Å². The maximum absolute atomic E-state index is 12.3. The molecule has 0 radical (unpaired) electrons. The van der Waals surface area contributed by atoms with Crippen molar-refractivity contribution in [1.29, 1.82) is 0 Å². The number of carbonyl (C=O) groups is 1. The first-order chi connectivity index (χ1) is 13.8. The van der Waals surface area contributed by atoms with Gasteiger partial charge in [-0.2, -0.15) is 0 Å². The molecule has 0 aliphatic rings. The minimum absolute atomic E-state index is 0.0889. The minimum atomic E-state index is -0.576. The van der Waals surface area contributed by atoms with Crippen LogP contribution in [0.15, 0.2) is 66.7 Å². The molecule has 0 saturated heterocycles. The highest BCUT2D eigenvalue weighted by atomic mass is 16.5. The van der Waals surface area contributed by atoms with Gasteiger partial charge in [-0.1, -0.05) is 69.3 Å². The lowest BCUT2D eigenvalue weighted by Gasteiger charge is -2.20. The molecule has 4 nitrogen and oxygen atoms in total. The lowest BCUT2D eigenvalue weighted by atomic mass is 9.87. The Bertz CT molecular complexity index is 952. The van der Waals surface area contributed by atoms with Crippen molar-refractivity contribution in [3.8, 4) is 11.5 Å². The van der Waals surface area contributed by atoms with Gasteiger partial charge in [-0.3, -0.25) is 4.79 Å². The van der Waals surface area contributed by atoms with Crippen molar-refractivity contribution >= 4 is 16.7 Å². The summed E-state index contributed by atoms with van der Waals surface area (Å²) in [5.41, 5.74) is 1.32. The van der Waals surface area contributed by atoms with Crippen LogP contribution < -0.4 is 14.8 Å². The number of ether oxygens (including phenoxy) is 2. The third-order valence-corrected chi connectivity index (χ3v) is 4.81. The summed E-state index contributed by atoms with van der Waals surface area (Å²) in [4.78, 5) is 12.3.